The van der Waals surface area contributed by atoms with Crippen molar-refractivity contribution in [3.63, 3.8) is 0 Å². The third kappa shape index (κ3) is 9.09. The highest BCUT2D eigenvalue weighted by atomic mass is 16.5. The second-order valence-corrected chi connectivity index (χ2v) is 4.94. The summed E-state index contributed by atoms with van der Waals surface area (Å²) in [6, 6.07) is 0. The average molecular weight is 233 g/mol. The molecule has 4 nitrogen and oxygen atoms in total. The highest BCUT2D eigenvalue weighted by molar-refractivity contribution is 4.72. The van der Waals surface area contributed by atoms with Crippen molar-refractivity contribution in [3.8, 4) is 0 Å². The van der Waals surface area contributed by atoms with Crippen LogP contribution in [0.15, 0.2) is 0 Å². The van der Waals surface area contributed by atoms with Crippen LogP contribution in [0, 0.1) is 5.41 Å². The van der Waals surface area contributed by atoms with Gasteiger partial charge in [-0.05, 0) is 25.2 Å². The Bertz CT molecular complexity index is 162. The molecular formula is C12H27NO3. The van der Waals surface area contributed by atoms with Gasteiger partial charge in [-0.1, -0.05) is 13.8 Å². The summed E-state index contributed by atoms with van der Waals surface area (Å²) in [6.45, 7) is 8.90. The third-order valence-corrected chi connectivity index (χ3v) is 2.51. The number of aliphatic hydroxyl groups excluding tert-OH is 2. The van der Waals surface area contributed by atoms with Crippen molar-refractivity contribution >= 4 is 0 Å². The van der Waals surface area contributed by atoms with Crippen molar-refractivity contribution in [2.45, 2.75) is 39.7 Å². The predicted octanol–water partition coefficient (Wildman–Crippen LogP) is 0.772. The second-order valence-electron chi connectivity index (χ2n) is 4.94. The number of hydrogen-bond donors (Lipinski definition) is 3. The van der Waals surface area contributed by atoms with Crippen molar-refractivity contribution < 1.29 is 14.9 Å². The Balaban J connectivity index is 3.54. The zero-order chi connectivity index (χ0) is 12.4. The van der Waals surface area contributed by atoms with Crippen molar-refractivity contribution in [2.24, 2.45) is 5.41 Å². The molecule has 0 aromatic heterocycles. The molecule has 3 N–H and O–H groups in total. The van der Waals surface area contributed by atoms with Crippen molar-refractivity contribution in [3.05, 3.63) is 0 Å². The van der Waals surface area contributed by atoms with Gasteiger partial charge >= 0.3 is 0 Å². The lowest BCUT2D eigenvalue weighted by Gasteiger charge is -2.25. The fraction of sp³-hybridized carbons (Fsp3) is 1.00. The van der Waals surface area contributed by atoms with Crippen LogP contribution in [0.5, 0.6) is 0 Å². The maximum Gasteiger partial charge on any atom is 0.0897 e. The highest BCUT2D eigenvalue weighted by Crippen LogP contribution is 2.20. The van der Waals surface area contributed by atoms with Gasteiger partial charge in [0.1, 0.15) is 0 Å². The number of rotatable bonds is 10. The van der Waals surface area contributed by atoms with E-state index in [1.165, 1.54) is 0 Å². The molecule has 0 saturated heterocycles. The topological polar surface area (TPSA) is 61.7 Å². The lowest BCUT2D eigenvalue weighted by atomic mass is 9.88. The smallest absolute Gasteiger partial charge is 0.0897 e. The molecule has 0 aromatic rings. The summed E-state index contributed by atoms with van der Waals surface area (Å²) in [7, 11) is 0. The van der Waals surface area contributed by atoms with E-state index < -0.39 is 6.10 Å². The van der Waals surface area contributed by atoms with Gasteiger partial charge in [0, 0.05) is 26.3 Å². The van der Waals surface area contributed by atoms with Crippen LogP contribution in [0.1, 0.15) is 33.6 Å². The standard InChI is InChI=1S/C12H27NO3/c1-4-16-9-11(15)8-13-10-12(2,3)6-5-7-14/h11,13-15H,4-10H2,1-3H3. The lowest BCUT2D eigenvalue weighted by Crippen LogP contribution is -2.36. The summed E-state index contributed by atoms with van der Waals surface area (Å²) >= 11 is 0. The van der Waals surface area contributed by atoms with Gasteiger partial charge < -0.3 is 20.3 Å². The molecule has 0 saturated carbocycles. The van der Waals surface area contributed by atoms with E-state index >= 15 is 0 Å². The van der Waals surface area contributed by atoms with E-state index in [-0.39, 0.29) is 12.0 Å². The molecule has 0 spiro atoms. The van der Waals surface area contributed by atoms with E-state index in [1.54, 1.807) is 0 Å². The second kappa shape index (κ2) is 8.93. The SMILES string of the molecule is CCOCC(O)CNCC(C)(C)CCCO. The zero-order valence-electron chi connectivity index (χ0n) is 10.8. The molecular weight excluding hydrogens is 206 g/mol. The molecule has 0 radical (unpaired) electrons. The Morgan fingerprint density at radius 1 is 1.38 bits per heavy atom. The third-order valence-electron chi connectivity index (χ3n) is 2.51. The molecule has 0 aliphatic rings. The van der Waals surface area contributed by atoms with E-state index in [9.17, 15) is 5.11 Å². The van der Waals surface area contributed by atoms with Gasteiger partial charge in [-0.2, -0.15) is 0 Å². The Morgan fingerprint density at radius 2 is 2.06 bits per heavy atom. The van der Waals surface area contributed by atoms with E-state index in [4.69, 9.17) is 9.84 Å². The van der Waals surface area contributed by atoms with Gasteiger partial charge in [0.05, 0.1) is 12.7 Å². The van der Waals surface area contributed by atoms with Crippen LogP contribution in [0.25, 0.3) is 0 Å². The first-order valence-corrected chi connectivity index (χ1v) is 6.09. The molecule has 0 aromatic carbocycles. The molecule has 0 fully saturated rings. The summed E-state index contributed by atoms with van der Waals surface area (Å²) in [5.41, 5.74) is 0.161. The minimum atomic E-state index is -0.436. The average Bonchev–Trinajstić information content (AvgIpc) is 2.23. The van der Waals surface area contributed by atoms with E-state index in [0.29, 0.717) is 19.8 Å². The Labute approximate surface area is 99.0 Å². The number of nitrogens with one attached hydrogen (secondary N) is 1. The highest BCUT2D eigenvalue weighted by Gasteiger charge is 2.17. The summed E-state index contributed by atoms with van der Waals surface area (Å²) < 4.78 is 5.12. The Hall–Kier alpha value is -0.160. The van der Waals surface area contributed by atoms with Crippen LogP contribution in [-0.2, 0) is 4.74 Å². The molecule has 1 unspecified atom stereocenters. The first kappa shape index (κ1) is 15.8. The minimum Gasteiger partial charge on any atom is -0.396 e. The monoisotopic (exact) mass is 233 g/mol. The van der Waals surface area contributed by atoms with Gasteiger partial charge in [-0.3, -0.25) is 0 Å². The lowest BCUT2D eigenvalue weighted by molar-refractivity contribution is 0.0415. The van der Waals surface area contributed by atoms with Crippen LogP contribution in [-0.4, -0.2) is 49.2 Å². The summed E-state index contributed by atoms with van der Waals surface area (Å²) in [5.74, 6) is 0. The molecule has 0 aliphatic heterocycles. The van der Waals surface area contributed by atoms with Gasteiger partial charge in [0.15, 0.2) is 0 Å². The Kier molecular flexibility index (Phi) is 8.84. The van der Waals surface area contributed by atoms with Gasteiger partial charge in [0.25, 0.3) is 0 Å². The quantitative estimate of drug-likeness (QED) is 0.521. The molecule has 0 heterocycles. The molecule has 0 aliphatic carbocycles. The van der Waals surface area contributed by atoms with Crippen LogP contribution in [0.2, 0.25) is 0 Å². The number of hydrogen-bond acceptors (Lipinski definition) is 4. The maximum absolute atomic E-state index is 9.53. The van der Waals surface area contributed by atoms with Crippen molar-refractivity contribution in [2.75, 3.05) is 32.9 Å². The number of aliphatic hydroxyl groups is 2. The van der Waals surface area contributed by atoms with Crippen LogP contribution < -0.4 is 5.32 Å². The maximum atomic E-state index is 9.53. The predicted molar refractivity (Wildman–Crippen MR) is 65.5 cm³/mol. The Morgan fingerprint density at radius 3 is 2.62 bits per heavy atom. The molecule has 98 valence electrons. The molecule has 1 atom stereocenters. The van der Waals surface area contributed by atoms with Crippen molar-refractivity contribution in [1.29, 1.82) is 0 Å². The summed E-state index contributed by atoms with van der Waals surface area (Å²) in [5, 5.41) is 21.5. The van der Waals surface area contributed by atoms with Crippen LogP contribution >= 0.6 is 0 Å². The number of ether oxygens (including phenoxy) is 1. The molecule has 4 heteroatoms. The van der Waals surface area contributed by atoms with Gasteiger partial charge in [-0.25, -0.2) is 0 Å². The minimum absolute atomic E-state index is 0.161. The van der Waals surface area contributed by atoms with Gasteiger partial charge in [0.2, 0.25) is 0 Å². The van der Waals surface area contributed by atoms with Crippen LogP contribution in [0.3, 0.4) is 0 Å². The first-order chi connectivity index (χ1) is 7.52. The first-order valence-electron chi connectivity index (χ1n) is 6.09. The molecule has 0 bridgehead atoms. The fourth-order valence-electron chi connectivity index (χ4n) is 1.54. The summed E-state index contributed by atoms with van der Waals surface area (Å²) in [6.07, 6.45) is 1.38. The molecule has 0 rings (SSSR count). The summed E-state index contributed by atoms with van der Waals surface area (Å²) in [4.78, 5) is 0. The zero-order valence-corrected chi connectivity index (χ0v) is 10.8. The van der Waals surface area contributed by atoms with E-state index in [0.717, 1.165) is 19.4 Å². The largest absolute Gasteiger partial charge is 0.396 e. The normalized spacial score (nSPS) is 14.1. The van der Waals surface area contributed by atoms with E-state index in [2.05, 4.69) is 19.2 Å². The van der Waals surface area contributed by atoms with Gasteiger partial charge in [-0.15, -0.1) is 0 Å². The van der Waals surface area contributed by atoms with Crippen LogP contribution in [0.4, 0.5) is 0 Å². The molecule has 16 heavy (non-hydrogen) atoms. The fourth-order valence-corrected chi connectivity index (χ4v) is 1.54. The molecule has 0 amide bonds. The van der Waals surface area contributed by atoms with Crippen molar-refractivity contribution in [1.82, 2.24) is 5.32 Å². The van der Waals surface area contributed by atoms with E-state index in [1.807, 2.05) is 6.92 Å².